The molecule has 1 aromatic rings. The predicted octanol–water partition coefficient (Wildman–Crippen LogP) is -0.276. The first kappa shape index (κ1) is 13.6. The van der Waals surface area contributed by atoms with Crippen LogP contribution in [-0.4, -0.2) is 47.8 Å². The number of benzene rings is 1. The van der Waals surface area contributed by atoms with Gasteiger partial charge in [0.2, 0.25) is 6.17 Å². The van der Waals surface area contributed by atoms with Crippen LogP contribution in [-0.2, 0) is 10.3 Å². The van der Waals surface area contributed by atoms with E-state index in [0.29, 0.717) is 18.9 Å². The van der Waals surface area contributed by atoms with Crippen LogP contribution in [0.4, 0.5) is 0 Å². The summed E-state index contributed by atoms with van der Waals surface area (Å²) in [7, 11) is 0. The fraction of sp³-hybridized carbons (Fsp3) is 0.467. The average molecular weight is 277 g/mol. The highest BCUT2D eigenvalue weighted by Gasteiger charge is 2.52. The maximum absolute atomic E-state index is 11.2. The monoisotopic (exact) mass is 277 g/mol. The molecule has 0 unspecified atom stereocenters. The number of hydrogen-bond acceptors (Lipinski definition) is 4. The number of quaternary nitrogens is 1. The minimum atomic E-state index is -1.17. The topological polar surface area (TPSA) is 57.4 Å². The van der Waals surface area contributed by atoms with Crippen molar-refractivity contribution >= 4 is 0 Å². The van der Waals surface area contributed by atoms with E-state index < -0.39 is 11.8 Å². The Morgan fingerprint density at radius 3 is 2.55 bits per heavy atom. The summed E-state index contributed by atoms with van der Waals surface area (Å²) < 4.78 is 5.38. The van der Waals surface area contributed by atoms with Crippen molar-refractivity contribution in [3.63, 3.8) is 0 Å². The van der Waals surface area contributed by atoms with Crippen LogP contribution < -0.4 is 4.90 Å². The van der Waals surface area contributed by atoms with Gasteiger partial charge in [-0.15, -0.1) is 0 Å². The SMILES string of the molecule is CC1=C[C@](O)(c2ccccc2)[C@H]([NH+]2CCOCC2)N1O. The minimum Gasteiger partial charge on any atom is -0.373 e. The van der Waals surface area contributed by atoms with E-state index in [1.165, 1.54) is 5.06 Å². The van der Waals surface area contributed by atoms with Crippen molar-refractivity contribution in [1.29, 1.82) is 0 Å². The summed E-state index contributed by atoms with van der Waals surface area (Å²) in [6, 6.07) is 9.53. The highest BCUT2D eigenvalue weighted by atomic mass is 16.5. The van der Waals surface area contributed by atoms with Crippen molar-refractivity contribution < 1.29 is 20.0 Å². The summed E-state index contributed by atoms with van der Waals surface area (Å²) in [6.45, 7) is 4.68. The standard InChI is InChI=1S/C15H20N2O3/c1-12-11-15(18,13-5-3-2-4-6-13)14(17(12)19)16-7-9-20-10-8-16/h2-6,11,14,18-19H,7-10H2,1H3/p+1/t14-,15+/m1/s1. The van der Waals surface area contributed by atoms with E-state index >= 15 is 0 Å². The maximum Gasteiger partial charge on any atom is 0.223 e. The smallest absolute Gasteiger partial charge is 0.223 e. The molecule has 0 amide bonds. The Hall–Kier alpha value is -1.40. The third kappa shape index (κ3) is 2.13. The predicted molar refractivity (Wildman–Crippen MR) is 73.0 cm³/mol. The van der Waals surface area contributed by atoms with Crippen molar-refractivity contribution in [2.24, 2.45) is 0 Å². The molecule has 5 nitrogen and oxygen atoms in total. The van der Waals surface area contributed by atoms with Gasteiger partial charge in [-0.05, 0) is 18.6 Å². The first-order valence-corrected chi connectivity index (χ1v) is 7.01. The second kappa shape index (κ2) is 5.18. The lowest BCUT2D eigenvalue weighted by molar-refractivity contribution is -0.955. The van der Waals surface area contributed by atoms with Crippen molar-refractivity contribution in [3.05, 3.63) is 47.7 Å². The number of aliphatic hydroxyl groups is 1. The van der Waals surface area contributed by atoms with Gasteiger partial charge in [-0.25, -0.2) is 5.06 Å². The van der Waals surface area contributed by atoms with Crippen LogP contribution in [0.15, 0.2) is 42.1 Å². The molecule has 108 valence electrons. The number of morpholine rings is 1. The van der Waals surface area contributed by atoms with E-state index in [9.17, 15) is 10.3 Å². The summed E-state index contributed by atoms with van der Waals surface area (Å²) in [5, 5.41) is 22.7. The van der Waals surface area contributed by atoms with Gasteiger partial charge in [-0.3, -0.25) is 5.21 Å². The van der Waals surface area contributed by atoms with E-state index in [1.807, 2.05) is 37.3 Å². The molecule has 0 saturated carbocycles. The first-order chi connectivity index (χ1) is 9.63. The van der Waals surface area contributed by atoms with Gasteiger partial charge in [-0.2, -0.15) is 0 Å². The number of hydrogen-bond donors (Lipinski definition) is 3. The van der Waals surface area contributed by atoms with Crippen LogP contribution in [0.5, 0.6) is 0 Å². The van der Waals surface area contributed by atoms with Gasteiger partial charge in [0.15, 0.2) is 5.60 Å². The molecule has 0 radical (unpaired) electrons. The summed E-state index contributed by atoms with van der Waals surface area (Å²) >= 11 is 0. The van der Waals surface area contributed by atoms with E-state index in [1.54, 1.807) is 6.08 Å². The molecule has 0 aliphatic carbocycles. The van der Waals surface area contributed by atoms with E-state index in [0.717, 1.165) is 23.6 Å². The number of ether oxygens (including phenoxy) is 1. The molecular weight excluding hydrogens is 256 g/mol. The highest BCUT2D eigenvalue weighted by molar-refractivity contribution is 5.33. The highest BCUT2D eigenvalue weighted by Crippen LogP contribution is 2.35. The van der Waals surface area contributed by atoms with Crippen LogP contribution in [0, 0.1) is 0 Å². The van der Waals surface area contributed by atoms with Crippen molar-refractivity contribution in [1.82, 2.24) is 5.06 Å². The molecule has 2 heterocycles. The number of nitrogens with zero attached hydrogens (tertiary/aromatic N) is 1. The Morgan fingerprint density at radius 2 is 1.90 bits per heavy atom. The van der Waals surface area contributed by atoms with Crippen molar-refractivity contribution in [2.75, 3.05) is 26.3 Å². The van der Waals surface area contributed by atoms with Crippen LogP contribution in [0.1, 0.15) is 12.5 Å². The molecule has 0 aromatic heterocycles. The number of hydroxylamine groups is 2. The average Bonchev–Trinajstić information content (AvgIpc) is 2.72. The van der Waals surface area contributed by atoms with Gasteiger partial charge in [0, 0.05) is 5.70 Å². The van der Waals surface area contributed by atoms with Crippen LogP contribution in [0.25, 0.3) is 0 Å². The fourth-order valence-corrected chi connectivity index (χ4v) is 3.19. The van der Waals surface area contributed by atoms with E-state index in [2.05, 4.69) is 0 Å². The summed E-state index contributed by atoms with van der Waals surface area (Å²) in [5.74, 6) is 0. The van der Waals surface area contributed by atoms with Gasteiger partial charge in [0.25, 0.3) is 0 Å². The minimum absolute atomic E-state index is 0.422. The molecule has 0 spiro atoms. The third-order valence-corrected chi connectivity index (χ3v) is 4.21. The zero-order valence-electron chi connectivity index (χ0n) is 11.6. The summed E-state index contributed by atoms with van der Waals surface area (Å²) in [6.07, 6.45) is 1.32. The molecule has 1 aromatic carbocycles. The van der Waals surface area contributed by atoms with Gasteiger partial charge in [0.05, 0.1) is 13.2 Å². The molecular formula is C15H21N2O3+. The largest absolute Gasteiger partial charge is 0.373 e. The Balaban J connectivity index is 1.98. The van der Waals surface area contributed by atoms with Gasteiger partial charge < -0.3 is 14.7 Å². The van der Waals surface area contributed by atoms with E-state index in [4.69, 9.17) is 4.74 Å². The molecule has 5 heteroatoms. The van der Waals surface area contributed by atoms with Crippen molar-refractivity contribution in [2.45, 2.75) is 18.7 Å². The van der Waals surface area contributed by atoms with Crippen LogP contribution >= 0.6 is 0 Å². The third-order valence-electron chi connectivity index (χ3n) is 4.21. The Labute approximate surface area is 118 Å². The molecule has 2 aliphatic rings. The lowest BCUT2D eigenvalue weighted by Crippen LogP contribution is -3.20. The second-order valence-corrected chi connectivity index (χ2v) is 5.49. The first-order valence-electron chi connectivity index (χ1n) is 7.01. The second-order valence-electron chi connectivity index (χ2n) is 5.49. The molecule has 3 N–H and O–H groups in total. The molecule has 20 heavy (non-hydrogen) atoms. The van der Waals surface area contributed by atoms with Crippen molar-refractivity contribution in [3.8, 4) is 0 Å². The van der Waals surface area contributed by atoms with Gasteiger partial charge in [0.1, 0.15) is 13.1 Å². The molecule has 2 atom stereocenters. The Bertz CT molecular complexity index is 499. The number of rotatable bonds is 2. The summed E-state index contributed by atoms with van der Waals surface area (Å²) in [5.41, 5.74) is 0.312. The van der Waals surface area contributed by atoms with Gasteiger partial charge in [-0.1, -0.05) is 30.3 Å². The quantitative estimate of drug-likeness (QED) is 0.696. The molecule has 1 saturated heterocycles. The molecule has 2 aliphatic heterocycles. The molecule has 3 rings (SSSR count). The molecule has 0 bridgehead atoms. The number of nitrogens with one attached hydrogen (secondary N) is 1. The Morgan fingerprint density at radius 1 is 1.25 bits per heavy atom. The van der Waals surface area contributed by atoms with Crippen LogP contribution in [0.3, 0.4) is 0 Å². The lowest BCUT2D eigenvalue weighted by atomic mass is 9.91. The normalized spacial score (nSPS) is 31.4. The van der Waals surface area contributed by atoms with E-state index in [-0.39, 0.29) is 0 Å². The number of allylic oxidation sites excluding steroid dienone is 1. The fourth-order valence-electron chi connectivity index (χ4n) is 3.19. The zero-order chi connectivity index (χ0) is 14.2. The lowest BCUT2D eigenvalue weighted by Gasteiger charge is -2.39. The summed E-state index contributed by atoms with van der Waals surface area (Å²) in [4.78, 5) is 1.14. The zero-order valence-corrected chi connectivity index (χ0v) is 11.6. The Kier molecular flexibility index (Phi) is 3.52. The maximum atomic E-state index is 11.2. The van der Waals surface area contributed by atoms with Crippen LogP contribution in [0.2, 0.25) is 0 Å². The molecule has 1 fully saturated rings. The van der Waals surface area contributed by atoms with Gasteiger partial charge >= 0.3 is 0 Å².